The van der Waals surface area contributed by atoms with E-state index in [2.05, 4.69) is 243 Å². The summed E-state index contributed by atoms with van der Waals surface area (Å²) in [6.07, 6.45) is 4.60. The quantitative estimate of drug-likeness (QED) is 0.168. The molecule has 0 atom stereocenters. The van der Waals surface area contributed by atoms with Gasteiger partial charge in [-0.05, 0) is 131 Å². The lowest BCUT2D eigenvalue weighted by atomic mass is 9.66. The van der Waals surface area contributed by atoms with Crippen LogP contribution in [0.4, 0.5) is 17.1 Å². The highest BCUT2D eigenvalue weighted by Crippen LogP contribution is 2.59. The van der Waals surface area contributed by atoms with Gasteiger partial charge in [-0.25, -0.2) is 0 Å². The first kappa shape index (κ1) is 35.5. The summed E-state index contributed by atoms with van der Waals surface area (Å²) in [5.41, 5.74) is 23.5. The van der Waals surface area contributed by atoms with E-state index in [4.69, 9.17) is 0 Å². The largest absolute Gasteiger partial charge is 0.310 e. The fourth-order valence-electron chi connectivity index (χ4n) is 10.8. The highest BCUT2D eigenvalue weighted by atomic mass is 15.1. The first-order valence-electron chi connectivity index (χ1n) is 21.4. The van der Waals surface area contributed by atoms with Crippen LogP contribution in [0.5, 0.6) is 0 Å². The zero-order valence-electron chi connectivity index (χ0n) is 34.3. The van der Waals surface area contributed by atoms with Gasteiger partial charge in [-0.2, -0.15) is 0 Å². The molecule has 1 heteroatoms. The fourth-order valence-corrected chi connectivity index (χ4v) is 10.8. The van der Waals surface area contributed by atoms with Gasteiger partial charge >= 0.3 is 0 Å². The van der Waals surface area contributed by atoms with Gasteiger partial charge in [-0.15, -0.1) is 0 Å². The van der Waals surface area contributed by atoms with Crippen LogP contribution in [0.25, 0.3) is 56.7 Å². The first-order chi connectivity index (χ1) is 30.0. The fraction of sp³-hybridized carbons (Fsp3) is 0.0667. The zero-order valence-corrected chi connectivity index (χ0v) is 34.3. The Bertz CT molecular complexity index is 3150. The number of anilines is 3. The van der Waals surface area contributed by atoms with Crippen molar-refractivity contribution in [1.29, 1.82) is 0 Å². The number of rotatable bonds is 5. The maximum Gasteiger partial charge on any atom is 0.0725 e. The van der Waals surface area contributed by atoms with Crippen LogP contribution in [-0.4, -0.2) is 0 Å². The van der Waals surface area contributed by atoms with Crippen molar-refractivity contribution in [2.45, 2.75) is 24.7 Å². The molecule has 0 saturated carbocycles. The Kier molecular flexibility index (Phi) is 7.86. The van der Waals surface area contributed by atoms with Crippen LogP contribution in [-0.2, 0) is 10.8 Å². The van der Waals surface area contributed by atoms with Crippen LogP contribution in [0.1, 0.15) is 58.4 Å². The molecule has 3 aliphatic rings. The third kappa shape index (κ3) is 5.27. The summed E-state index contributed by atoms with van der Waals surface area (Å²) in [7, 11) is 0. The molecule has 0 radical (unpaired) electrons. The molecule has 0 aromatic heterocycles. The molecule has 0 heterocycles. The SMILES string of the molecule is CC1(C)c2ccccc2-c2ccc(N(c3ccc(-c4ccccc4)cc3)c3ccc(-c4ccc5c(c4)C4(c6ccccc6C=Cc6ccccc64)c4ccccc4-5)cc3)cc21. The molecule has 12 rings (SSSR count). The molecular weight excluding hydrogens is 735 g/mol. The van der Waals surface area contributed by atoms with Crippen molar-refractivity contribution in [2.24, 2.45) is 0 Å². The van der Waals surface area contributed by atoms with Crippen LogP contribution < -0.4 is 4.90 Å². The predicted molar refractivity (Wildman–Crippen MR) is 256 cm³/mol. The highest BCUT2D eigenvalue weighted by molar-refractivity contribution is 5.93. The number of fused-ring (bicyclic) bond motifs is 12. The average molecular weight is 778 g/mol. The summed E-state index contributed by atoms with van der Waals surface area (Å²) in [6, 6.07) is 78.9. The Balaban J connectivity index is 0.992. The number of nitrogens with zero attached hydrogens (tertiary/aromatic N) is 1. The Labute approximate surface area is 358 Å². The minimum absolute atomic E-state index is 0.104. The standard InChI is InChI=1S/C60H43N/c1-59(2)55-22-12-8-18-49(55)51-37-35-48(39-57(51)59)61(46-31-26-41(27-32-46)40-14-4-3-5-15-40)47-33-28-42(29-34-47)45-30-36-52-50-19-9-13-23-56(50)60(58(52)38-45)53-20-10-6-16-43(53)24-25-44-17-7-11-21-54(44)60/h3-39H,1-2H3. The normalized spacial score (nSPS) is 14.3. The summed E-state index contributed by atoms with van der Waals surface area (Å²) in [5, 5.41) is 0. The molecule has 0 bridgehead atoms. The number of hydrogen-bond donors (Lipinski definition) is 0. The lowest BCUT2D eigenvalue weighted by Crippen LogP contribution is -2.29. The molecule has 3 aliphatic carbocycles. The Hall–Kier alpha value is -7.48. The summed E-state index contributed by atoms with van der Waals surface area (Å²) < 4.78 is 0. The third-order valence-corrected chi connectivity index (χ3v) is 13.7. The van der Waals surface area contributed by atoms with Crippen molar-refractivity contribution >= 4 is 29.2 Å². The van der Waals surface area contributed by atoms with Gasteiger partial charge < -0.3 is 4.90 Å². The molecule has 61 heavy (non-hydrogen) atoms. The van der Waals surface area contributed by atoms with Crippen LogP contribution in [0, 0.1) is 0 Å². The van der Waals surface area contributed by atoms with Gasteiger partial charge in [-0.1, -0.05) is 196 Å². The Morgan fingerprint density at radius 1 is 0.295 bits per heavy atom. The molecule has 9 aromatic carbocycles. The van der Waals surface area contributed by atoms with Crippen LogP contribution in [0.15, 0.2) is 212 Å². The van der Waals surface area contributed by atoms with E-state index in [1.165, 1.54) is 89.0 Å². The molecule has 0 saturated heterocycles. The topological polar surface area (TPSA) is 3.24 Å². The maximum absolute atomic E-state index is 2.48. The summed E-state index contributed by atoms with van der Waals surface area (Å²) >= 11 is 0. The van der Waals surface area contributed by atoms with Gasteiger partial charge in [0.2, 0.25) is 0 Å². The second-order valence-corrected chi connectivity index (χ2v) is 17.3. The number of hydrogen-bond acceptors (Lipinski definition) is 1. The van der Waals surface area contributed by atoms with E-state index in [1.807, 2.05) is 0 Å². The lowest BCUT2D eigenvalue weighted by molar-refractivity contribution is 0.660. The van der Waals surface area contributed by atoms with Crippen LogP contribution in [0.3, 0.4) is 0 Å². The second-order valence-electron chi connectivity index (χ2n) is 17.3. The van der Waals surface area contributed by atoms with Gasteiger partial charge in [0.25, 0.3) is 0 Å². The average Bonchev–Trinajstić information content (AvgIpc) is 3.67. The zero-order chi connectivity index (χ0) is 40.7. The molecule has 0 fully saturated rings. The van der Waals surface area contributed by atoms with Gasteiger partial charge in [0.05, 0.1) is 5.41 Å². The second kappa shape index (κ2) is 13.5. The molecule has 1 nitrogen and oxygen atoms in total. The molecular formula is C60H43N. The third-order valence-electron chi connectivity index (χ3n) is 13.7. The lowest BCUT2D eigenvalue weighted by Gasteiger charge is -2.35. The predicted octanol–water partition coefficient (Wildman–Crippen LogP) is 15.6. The molecule has 0 amide bonds. The minimum atomic E-state index is -0.456. The van der Waals surface area contributed by atoms with Crippen molar-refractivity contribution in [3.05, 3.63) is 257 Å². The van der Waals surface area contributed by atoms with Gasteiger partial charge in [-0.3, -0.25) is 0 Å². The molecule has 0 aliphatic heterocycles. The van der Waals surface area contributed by atoms with Crippen molar-refractivity contribution in [2.75, 3.05) is 4.90 Å². The Morgan fingerprint density at radius 2 is 0.721 bits per heavy atom. The molecule has 288 valence electrons. The van der Waals surface area contributed by atoms with E-state index >= 15 is 0 Å². The monoisotopic (exact) mass is 777 g/mol. The summed E-state index contributed by atoms with van der Waals surface area (Å²) in [4.78, 5) is 2.42. The van der Waals surface area contributed by atoms with Crippen LogP contribution >= 0.6 is 0 Å². The highest BCUT2D eigenvalue weighted by Gasteiger charge is 2.48. The molecule has 0 unspecified atom stereocenters. The summed E-state index contributed by atoms with van der Waals surface area (Å²) in [6.45, 7) is 4.72. The Morgan fingerprint density at radius 3 is 1.36 bits per heavy atom. The first-order valence-corrected chi connectivity index (χ1v) is 21.4. The van der Waals surface area contributed by atoms with Gasteiger partial charge in [0.15, 0.2) is 0 Å². The molecule has 1 spiro atoms. The van der Waals surface area contributed by atoms with Crippen molar-refractivity contribution < 1.29 is 0 Å². The van der Waals surface area contributed by atoms with E-state index in [0.29, 0.717) is 0 Å². The number of benzene rings is 9. The van der Waals surface area contributed by atoms with E-state index in [-0.39, 0.29) is 5.41 Å². The van der Waals surface area contributed by atoms with E-state index in [0.717, 1.165) is 17.1 Å². The van der Waals surface area contributed by atoms with Crippen molar-refractivity contribution in [3.63, 3.8) is 0 Å². The van der Waals surface area contributed by atoms with Gasteiger partial charge in [0, 0.05) is 22.5 Å². The van der Waals surface area contributed by atoms with E-state index < -0.39 is 5.41 Å². The van der Waals surface area contributed by atoms with E-state index in [9.17, 15) is 0 Å². The van der Waals surface area contributed by atoms with Crippen molar-refractivity contribution in [1.82, 2.24) is 0 Å². The van der Waals surface area contributed by atoms with Gasteiger partial charge in [0.1, 0.15) is 0 Å². The van der Waals surface area contributed by atoms with Crippen LogP contribution in [0.2, 0.25) is 0 Å². The summed E-state index contributed by atoms with van der Waals surface area (Å²) in [5.74, 6) is 0. The molecule has 0 N–H and O–H groups in total. The molecule has 9 aromatic rings. The van der Waals surface area contributed by atoms with Crippen molar-refractivity contribution in [3.8, 4) is 44.5 Å². The maximum atomic E-state index is 2.48. The van der Waals surface area contributed by atoms with E-state index in [1.54, 1.807) is 0 Å². The minimum Gasteiger partial charge on any atom is -0.310 e. The smallest absolute Gasteiger partial charge is 0.0725 e.